The summed E-state index contributed by atoms with van der Waals surface area (Å²) in [5.41, 5.74) is 2.69. The Kier molecular flexibility index (Phi) is 4.32. The Balaban J connectivity index is 1.44. The molecular formula is C19H20N4O2S. The average molecular weight is 368 g/mol. The smallest absolute Gasteiger partial charge is 0.251 e. The first-order chi connectivity index (χ1) is 12.5. The lowest BCUT2D eigenvalue weighted by atomic mass is 10.1. The molecule has 4 rings (SSSR count). The minimum absolute atomic E-state index is 0.160. The van der Waals surface area contributed by atoms with E-state index in [4.69, 9.17) is 4.52 Å². The van der Waals surface area contributed by atoms with Crippen molar-refractivity contribution in [2.24, 2.45) is 0 Å². The van der Waals surface area contributed by atoms with Crippen molar-refractivity contribution in [3.05, 3.63) is 52.2 Å². The summed E-state index contributed by atoms with van der Waals surface area (Å²) in [5.74, 6) is 1.47. The fourth-order valence-electron chi connectivity index (χ4n) is 2.84. The molecule has 2 aromatic heterocycles. The molecule has 26 heavy (non-hydrogen) atoms. The minimum atomic E-state index is -0.325. The van der Waals surface area contributed by atoms with E-state index in [1.807, 2.05) is 45.0 Å². The molecular weight excluding hydrogens is 348 g/mol. The van der Waals surface area contributed by atoms with E-state index in [1.54, 1.807) is 11.3 Å². The fraction of sp³-hybridized carbons (Fsp3) is 0.368. The monoisotopic (exact) mass is 368 g/mol. The molecule has 0 spiro atoms. The van der Waals surface area contributed by atoms with Crippen LogP contribution >= 0.6 is 11.3 Å². The summed E-state index contributed by atoms with van der Waals surface area (Å²) in [7, 11) is 0. The van der Waals surface area contributed by atoms with Gasteiger partial charge in [-0.15, -0.1) is 11.3 Å². The molecule has 1 saturated carbocycles. The van der Waals surface area contributed by atoms with Crippen molar-refractivity contribution >= 4 is 17.2 Å². The van der Waals surface area contributed by atoms with Crippen LogP contribution in [0.15, 0.2) is 28.8 Å². The van der Waals surface area contributed by atoms with E-state index < -0.39 is 0 Å². The third-order valence-electron chi connectivity index (χ3n) is 4.43. The lowest BCUT2D eigenvalue weighted by molar-refractivity contribution is 0.0932. The molecule has 2 heterocycles. The van der Waals surface area contributed by atoms with E-state index in [1.165, 1.54) is 0 Å². The van der Waals surface area contributed by atoms with Crippen LogP contribution in [0.5, 0.6) is 0 Å². The first kappa shape index (κ1) is 16.9. The van der Waals surface area contributed by atoms with Crippen LogP contribution in [0.4, 0.5) is 0 Å². The van der Waals surface area contributed by atoms with E-state index in [-0.39, 0.29) is 11.9 Å². The number of aryl methyl sites for hydroxylation is 2. The molecule has 1 amide bonds. The van der Waals surface area contributed by atoms with Gasteiger partial charge in [-0.3, -0.25) is 4.79 Å². The molecule has 7 heteroatoms. The highest BCUT2D eigenvalue weighted by Gasteiger charge is 2.29. The molecule has 0 saturated heterocycles. The van der Waals surface area contributed by atoms with Gasteiger partial charge in [0.15, 0.2) is 5.82 Å². The van der Waals surface area contributed by atoms with E-state index in [0.717, 1.165) is 39.8 Å². The Morgan fingerprint density at radius 3 is 2.58 bits per heavy atom. The summed E-state index contributed by atoms with van der Waals surface area (Å²) in [5, 5.41) is 7.95. The highest BCUT2D eigenvalue weighted by atomic mass is 32.1. The molecule has 134 valence electrons. The molecule has 1 aromatic carbocycles. The molecule has 1 N–H and O–H groups in total. The second kappa shape index (κ2) is 6.64. The van der Waals surface area contributed by atoms with Crippen LogP contribution in [0.25, 0.3) is 10.4 Å². The van der Waals surface area contributed by atoms with Crippen molar-refractivity contribution in [2.45, 2.75) is 45.6 Å². The van der Waals surface area contributed by atoms with Crippen LogP contribution in [-0.4, -0.2) is 21.0 Å². The molecule has 6 nitrogen and oxygen atoms in total. The predicted molar refractivity (Wildman–Crippen MR) is 99.2 cm³/mol. The van der Waals surface area contributed by atoms with Crippen molar-refractivity contribution in [3.63, 3.8) is 0 Å². The first-order valence-electron chi connectivity index (χ1n) is 8.70. The standard InChI is InChI=1S/C19H20N4O2S/c1-10-16(26-12(3)20-10)13-4-8-15(9-5-13)18(24)21-11(2)19-22-17(23-25-19)14-6-7-14/h4-5,8-9,11,14H,6-7H2,1-3H3,(H,21,24). The van der Waals surface area contributed by atoms with Gasteiger partial charge in [-0.05, 0) is 51.3 Å². The van der Waals surface area contributed by atoms with Crippen molar-refractivity contribution in [1.29, 1.82) is 0 Å². The predicted octanol–water partition coefficient (Wildman–Crippen LogP) is 4.18. The number of hydrogen-bond acceptors (Lipinski definition) is 6. The van der Waals surface area contributed by atoms with Gasteiger partial charge in [0.05, 0.1) is 15.6 Å². The van der Waals surface area contributed by atoms with Gasteiger partial charge >= 0.3 is 0 Å². The summed E-state index contributed by atoms with van der Waals surface area (Å²) in [6.07, 6.45) is 2.23. The number of nitrogens with one attached hydrogen (secondary N) is 1. The molecule has 1 unspecified atom stereocenters. The fourth-order valence-corrected chi connectivity index (χ4v) is 3.77. The normalized spacial score (nSPS) is 15.0. The van der Waals surface area contributed by atoms with Gasteiger partial charge in [0.25, 0.3) is 5.91 Å². The molecule has 1 fully saturated rings. The van der Waals surface area contributed by atoms with Crippen LogP contribution in [0.3, 0.4) is 0 Å². The zero-order valence-corrected chi connectivity index (χ0v) is 15.8. The van der Waals surface area contributed by atoms with E-state index >= 15 is 0 Å². The molecule has 0 bridgehead atoms. The van der Waals surface area contributed by atoms with E-state index in [9.17, 15) is 4.79 Å². The van der Waals surface area contributed by atoms with Gasteiger partial charge in [0.2, 0.25) is 5.89 Å². The number of carbonyl (C=O) groups excluding carboxylic acids is 1. The lowest BCUT2D eigenvalue weighted by Crippen LogP contribution is -2.26. The van der Waals surface area contributed by atoms with Crippen LogP contribution in [-0.2, 0) is 0 Å². The van der Waals surface area contributed by atoms with Crippen LogP contribution in [0.1, 0.15) is 64.5 Å². The van der Waals surface area contributed by atoms with Gasteiger partial charge in [-0.25, -0.2) is 4.98 Å². The van der Waals surface area contributed by atoms with Crippen molar-refractivity contribution in [1.82, 2.24) is 20.4 Å². The second-order valence-corrected chi connectivity index (χ2v) is 7.89. The number of aromatic nitrogens is 3. The number of thiazole rings is 1. The molecule has 0 aliphatic heterocycles. The summed E-state index contributed by atoms with van der Waals surface area (Å²) in [6, 6.07) is 7.24. The third kappa shape index (κ3) is 3.39. The Morgan fingerprint density at radius 1 is 1.23 bits per heavy atom. The van der Waals surface area contributed by atoms with Gasteiger partial charge in [-0.1, -0.05) is 17.3 Å². The Hall–Kier alpha value is -2.54. The van der Waals surface area contributed by atoms with Crippen LogP contribution < -0.4 is 5.32 Å². The zero-order valence-electron chi connectivity index (χ0n) is 14.9. The van der Waals surface area contributed by atoms with Gasteiger partial charge in [-0.2, -0.15) is 4.98 Å². The Labute approximate surface area is 155 Å². The largest absolute Gasteiger partial charge is 0.341 e. The zero-order chi connectivity index (χ0) is 18.3. The molecule has 0 radical (unpaired) electrons. The van der Waals surface area contributed by atoms with Crippen molar-refractivity contribution in [3.8, 4) is 10.4 Å². The summed E-state index contributed by atoms with van der Waals surface area (Å²) in [4.78, 5) is 22.5. The summed E-state index contributed by atoms with van der Waals surface area (Å²) >= 11 is 1.66. The van der Waals surface area contributed by atoms with E-state index in [2.05, 4.69) is 20.4 Å². The number of carbonyl (C=O) groups is 1. The van der Waals surface area contributed by atoms with Gasteiger partial charge < -0.3 is 9.84 Å². The second-order valence-electron chi connectivity index (χ2n) is 6.69. The number of amides is 1. The molecule has 3 aromatic rings. The number of benzene rings is 1. The van der Waals surface area contributed by atoms with Crippen molar-refractivity contribution < 1.29 is 9.32 Å². The topological polar surface area (TPSA) is 80.9 Å². The van der Waals surface area contributed by atoms with Crippen LogP contribution in [0.2, 0.25) is 0 Å². The Bertz CT molecular complexity index is 941. The van der Waals surface area contributed by atoms with Crippen LogP contribution in [0, 0.1) is 13.8 Å². The maximum Gasteiger partial charge on any atom is 0.251 e. The maximum atomic E-state index is 12.5. The Morgan fingerprint density at radius 2 is 1.96 bits per heavy atom. The van der Waals surface area contributed by atoms with Gasteiger partial charge in [0, 0.05) is 11.5 Å². The number of nitrogens with zero attached hydrogens (tertiary/aromatic N) is 3. The quantitative estimate of drug-likeness (QED) is 0.731. The minimum Gasteiger partial charge on any atom is -0.341 e. The first-order valence-corrected chi connectivity index (χ1v) is 9.51. The molecule has 1 aliphatic rings. The average Bonchev–Trinajstić information content (AvgIpc) is 3.25. The van der Waals surface area contributed by atoms with E-state index in [0.29, 0.717) is 17.4 Å². The maximum absolute atomic E-state index is 12.5. The third-order valence-corrected chi connectivity index (χ3v) is 5.55. The molecule has 1 aliphatic carbocycles. The highest BCUT2D eigenvalue weighted by molar-refractivity contribution is 7.15. The van der Waals surface area contributed by atoms with Crippen molar-refractivity contribution in [2.75, 3.05) is 0 Å². The summed E-state index contributed by atoms with van der Waals surface area (Å²) < 4.78 is 5.28. The number of hydrogen-bond donors (Lipinski definition) is 1. The molecule has 1 atom stereocenters. The SMILES string of the molecule is Cc1nc(C)c(-c2ccc(C(=O)NC(C)c3nc(C4CC4)no3)cc2)s1. The van der Waals surface area contributed by atoms with Gasteiger partial charge in [0.1, 0.15) is 6.04 Å². The summed E-state index contributed by atoms with van der Waals surface area (Å²) in [6.45, 7) is 5.85. The number of rotatable bonds is 5. The lowest BCUT2D eigenvalue weighted by Gasteiger charge is -2.10. The highest BCUT2D eigenvalue weighted by Crippen LogP contribution is 2.38.